The lowest BCUT2D eigenvalue weighted by molar-refractivity contribution is 1.12. The highest BCUT2D eigenvalue weighted by molar-refractivity contribution is 5.86. The highest BCUT2D eigenvalue weighted by Gasteiger charge is 1.97. The van der Waals surface area contributed by atoms with Gasteiger partial charge in [-0.3, -0.25) is 5.10 Å². The van der Waals surface area contributed by atoms with E-state index in [-0.39, 0.29) is 0 Å². The Morgan fingerprint density at radius 3 is 3.20 bits per heavy atom. The minimum atomic E-state index is 0.520. The summed E-state index contributed by atoms with van der Waals surface area (Å²) in [6, 6.07) is 1.83. The standard InChI is InChI=1S/C6H6N4/c7-6-4-3-9-10-5(4)1-2-8-6/h1-3H,(H2,7,8)(H,9,10). The lowest BCUT2D eigenvalue weighted by Crippen LogP contribution is -1.88. The van der Waals surface area contributed by atoms with Gasteiger partial charge in [0.1, 0.15) is 5.82 Å². The van der Waals surface area contributed by atoms with Crippen molar-refractivity contribution in [2.24, 2.45) is 0 Å². The molecule has 0 saturated carbocycles. The normalized spacial score (nSPS) is 10.4. The molecule has 0 unspecified atom stereocenters. The molecule has 4 heteroatoms. The van der Waals surface area contributed by atoms with Gasteiger partial charge in [0, 0.05) is 6.20 Å². The third-order valence-electron chi connectivity index (χ3n) is 1.40. The van der Waals surface area contributed by atoms with Crippen LogP contribution in [0, 0.1) is 0 Å². The quantitative estimate of drug-likeness (QED) is 0.552. The number of H-pyrrole nitrogens is 1. The third-order valence-corrected chi connectivity index (χ3v) is 1.40. The molecule has 2 aromatic heterocycles. The summed E-state index contributed by atoms with van der Waals surface area (Å²) in [7, 11) is 0. The number of fused-ring (bicyclic) bond motifs is 1. The highest BCUT2D eigenvalue weighted by Crippen LogP contribution is 2.13. The Morgan fingerprint density at radius 1 is 1.50 bits per heavy atom. The zero-order valence-corrected chi connectivity index (χ0v) is 5.20. The van der Waals surface area contributed by atoms with E-state index in [2.05, 4.69) is 15.2 Å². The molecule has 0 aliphatic carbocycles. The Labute approximate surface area is 57.1 Å². The largest absolute Gasteiger partial charge is 0.383 e. The summed E-state index contributed by atoms with van der Waals surface area (Å²) in [5, 5.41) is 7.48. The molecule has 0 radical (unpaired) electrons. The van der Waals surface area contributed by atoms with E-state index >= 15 is 0 Å². The van der Waals surface area contributed by atoms with Gasteiger partial charge >= 0.3 is 0 Å². The molecular weight excluding hydrogens is 128 g/mol. The van der Waals surface area contributed by atoms with Gasteiger partial charge in [-0.1, -0.05) is 0 Å². The van der Waals surface area contributed by atoms with Gasteiger partial charge < -0.3 is 5.73 Å². The number of hydrogen-bond donors (Lipinski definition) is 2. The summed E-state index contributed by atoms with van der Waals surface area (Å²) in [5.41, 5.74) is 6.45. The van der Waals surface area contributed by atoms with Gasteiger partial charge in [-0.15, -0.1) is 0 Å². The molecule has 10 heavy (non-hydrogen) atoms. The smallest absolute Gasteiger partial charge is 0.134 e. The van der Waals surface area contributed by atoms with Crippen molar-refractivity contribution in [3.05, 3.63) is 18.5 Å². The molecule has 0 aliphatic heterocycles. The number of nitrogens with zero attached hydrogens (tertiary/aromatic N) is 2. The molecule has 50 valence electrons. The lowest BCUT2D eigenvalue weighted by atomic mass is 10.3. The van der Waals surface area contributed by atoms with E-state index in [0.29, 0.717) is 5.82 Å². The van der Waals surface area contributed by atoms with E-state index in [4.69, 9.17) is 5.73 Å². The first-order valence-electron chi connectivity index (χ1n) is 2.91. The molecule has 0 aromatic carbocycles. The van der Waals surface area contributed by atoms with Gasteiger partial charge in [0.05, 0.1) is 17.1 Å². The molecule has 0 bridgehead atoms. The Morgan fingerprint density at radius 2 is 2.40 bits per heavy atom. The maximum absolute atomic E-state index is 5.53. The number of anilines is 1. The Bertz CT molecular complexity index is 351. The molecule has 3 N–H and O–H groups in total. The van der Waals surface area contributed by atoms with Gasteiger partial charge in [0.2, 0.25) is 0 Å². The van der Waals surface area contributed by atoms with Crippen molar-refractivity contribution in [3.8, 4) is 0 Å². The zero-order chi connectivity index (χ0) is 6.97. The van der Waals surface area contributed by atoms with Crippen LogP contribution in [0.2, 0.25) is 0 Å². The second-order valence-corrected chi connectivity index (χ2v) is 2.03. The van der Waals surface area contributed by atoms with Crippen LogP contribution in [0.5, 0.6) is 0 Å². The van der Waals surface area contributed by atoms with E-state index in [9.17, 15) is 0 Å². The molecule has 0 aliphatic rings. The first-order valence-corrected chi connectivity index (χ1v) is 2.91. The molecule has 2 aromatic rings. The lowest BCUT2D eigenvalue weighted by Gasteiger charge is -1.90. The van der Waals surface area contributed by atoms with Gasteiger partial charge in [-0.05, 0) is 6.07 Å². The molecular formula is C6H6N4. The van der Waals surface area contributed by atoms with Crippen molar-refractivity contribution in [1.82, 2.24) is 15.2 Å². The minimum Gasteiger partial charge on any atom is -0.383 e. The summed E-state index contributed by atoms with van der Waals surface area (Å²) in [4.78, 5) is 3.90. The molecule has 2 heterocycles. The van der Waals surface area contributed by atoms with Crippen LogP contribution in [0.15, 0.2) is 18.5 Å². The van der Waals surface area contributed by atoms with Gasteiger partial charge in [0.15, 0.2) is 0 Å². The Kier molecular flexibility index (Phi) is 0.887. The summed E-state index contributed by atoms with van der Waals surface area (Å²) in [5.74, 6) is 0.520. The van der Waals surface area contributed by atoms with Crippen molar-refractivity contribution in [3.63, 3.8) is 0 Å². The fraction of sp³-hybridized carbons (Fsp3) is 0. The average molecular weight is 134 g/mol. The van der Waals surface area contributed by atoms with E-state index in [0.717, 1.165) is 10.9 Å². The molecule has 0 fully saturated rings. The second-order valence-electron chi connectivity index (χ2n) is 2.03. The van der Waals surface area contributed by atoms with Crippen molar-refractivity contribution >= 4 is 16.7 Å². The van der Waals surface area contributed by atoms with Crippen LogP contribution in [0.3, 0.4) is 0 Å². The average Bonchev–Trinajstić information content (AvgIpc) is 2.36. The fourth-order valence-electron chi connectivity index (χ4n) is 0.889. The van der Waals surface area contributed by atoms with Crippen LogP contribution in [-0.4, -0.2) is 15.2 Å². The van der Waals surface area contributed by atoms with E-state index in [1.54, 1.807) is 12.4 Å². The number of nitrogens with two attached hydrogens (primary N) is 1. The predicted octanol–water partition coefficient (Wildman–Crippen LogP) is 0.540. The van der Waals surface area contributed by atoms with Crippen molar-refractivity contribution in [2.75, 3.05) is 5.73 Å². The number of nitrogen functional groups attached to an aromatic ring is 1. The molecule has 4 nitrogen and oxygen atoms in total. The fourth-order valence-corrected chi connectivity index (χ4v) is 0.889. The van der Waals surface area contributed by atoms with Crippen molar-refractivity contribution in [2.45, 2.75) is 0 Å². The van der Waals surface area contributed by atoms with Gasteiger partial charge in [0.25, 0.3) is 0 Å². The van der Waals surface area contributed by atoms with Crippen LogP contribution in [0.1, 0.15) is 0 Å². The molecule has 0 saturated heterocycles. The number of pyridine rings is 1. The van der Waals surface area contributed by atoms with Crippen LogP contribution in [-0.2, 0) is 0 Å². The van der Waals surface area contributed by atoms with E-state index in [1.807, 2.05) is 6.07 Å². The van der Waals surface area contributed by atoms with Gasteiger partial charge in [-0.2, -0.15) is 5.10 Å². The van der Waals surface area contributed by atoms with Crippen LogP contribution in [0.25, 0.3) is 10.9 Å². The number of rotatable bonds is 0. The molecule has 0 spiro atoms. The van der Waals surface area contributed by atoms with Crippen LogP contribution >= 0.6 is 0 Å². The number of aromatic nitrogens is 3. The molecule has 0 atom stereocenters. The maximum atomic E-state index is 5.53. The van der Waals surface area contributed by atoms with E-state index in [1.165, 1.54) is 0 Å². The molecule has 2 rings (SSSR count). The number of hydrogen-bond acceptors (Lipinski definition) is 3. The second kappa shape index (κ2) is 1.70. The zero-order valence-electron chi connectivity index (χ0n) is 5.20. The third kappa shape index (κ3) is 0.556. The summed E-state index contributed by atoms with van der Waals surface area (Å²) in [6.07, 6.45) is 3.31. The first-order chi connectivity index (χ1) is 4.88. The summed E-state index contributed by atoms with van der Waals surface area (Å²) >= 11 is 0. The predicted molar refractivity (Wildman–Crippen MR) is 38.3 cm³/mol. The SMILES string of the molecule is Nc1nccc2[nH]ncc12. The maximum Gasteiger partial charge on any atom is 0.134 e. The van der Waals surface area contributed by atoms with Crippen molar-refractivity contribution in [1.29, 1.82) is 0 Å². The van der Waals surface area contributed by atoms with Crippen molar-refractivity contribution < 1.29 is 0 Å². The number of aromatic amines is 1. The summed E-state index contributed by atoms with van der Waals surface area (Å²) in [6.45, 7) is 0. The Balaban J connectivity index is 2.95. The van der Waals surface area contributed by atoms with E-state index < -0.39 is 0 Å². The topological polar surface area (TPSA) is 67.6 Å². The number of nitrogens with one attached hydrogen (secondary N) is 1. The Hall–Kier alpha value is -1.58. The molecule has 0 amide bonds. The minimum absolute atomic E-state index is 0.520. The summed E-state index contributed by atoms with van der Waals surface area (Å²) < 4.78 is 0. The van der Waals surface area contributed by atoms with Crippen LogP contribution < -0.4 is 5.73 Å². The monoisotopic (exact) mass is 134 g/mol. The first kappa shape index (κ1) is 5.22. The van der Waals surface area contributed by atoms with Crippen LogP contribution in [0.4, 0.5) is 5.82 Å². The van der Waals surface area contributed by atoms with Gasteiger partial charge in [-0.25, -0.2) is 4.98 Å². The highest BCUT2D eigenvalue weighted by atomic mass is 15.1.